The number of amides is 2. The molecular formula is C27H30N2O5S. The molecule has 1 aliphatic rings. The van der Waals surface area contributed by atoms with E-state index in [-0.39, 0.29) is 24.4 Å². The molecular weight excluding hydrogens is 464 g/mol. The average molecular weight is 495 g/mol. The summed E-state index contributed by atoms with van der Waals surface area (Å²) in [5, 5.41) is 2.05. The van der Waals surface area contributed by atoms with Gasteiger partial charge in [0, 0.05) is 30.6 Å². The van der Waals surface area contributed by atoms with Gasteiger partial charge in [-0.3, -0.25) is 9.59 Å². The van der Waals surface area contributed by atoms with Crippen molar-refractivity contribution in [3.05, 3.63) is 82.0 Å². The van der Waals surface area contributed by atoms with Crippen molar-refractivity contribution in [1.82, 2.24) is 9.80 Å². The quantitative estimate of drug-likeness (QED) is 0.425. The van der Waals surface area contributed by atoms with Crippen LogP contribution in [0.25, 0.3) is 0 Å². The number of carbonyl (C=O) groups is 2. The Hall–Kier alpha value is -3.36. The Morgan fingerprint density at radius 3 is 2.51 bits per heavy atom. The van der Waals surface area contributed by atoms with Gasteiger partial charge >= 0.3 is 0 Å². The van der Waals surface area contributed by atoms with Crippen molar-refractivity contribution in [3.8, 4) is 11.5 Å². The molecule has 1 aromatic heterocycles. The van der Waals surface area contributed by atoms with Gasteiger partial charge in [0.25, 0.3) is 5.91 Å². The summed E-state index contributed by atoms with van der Waals surface area (Å²) in [5.74, 6) is 0.971. The van der Waals surface area contributed by atoms with E-state index in [1.807, 2.05) is 47.4 Å². The third kappa shape index (κ3) is 5.83. The first-order valence-electron chi connectivity index (χ1n) is 11.6. The number of rotatable bonds is 10. The monoisotopic (exact) mass is 494 g/mol. The summed E-state index contributed by atoms with van der Waals surface area (Å²) in [5.41, 5.74) is 1.65. The van der Waals surface area contributed by atoms with Crippen LogP contribution in [0, 0.1) is 0 Å². The zero-order valence-corrected chi connectivity index (χ0v) is 20.8. The molecule has 0 saturated carbocycles. The summed E-state index contributed by atoms with van der Waals surface area (Å²) in [6, 6.07) is 18.3. The first-order chi connectivity index (χ1) is 17.1. The summed E-state index contributed by atoms with van der Waals surface area (Å²) in [6.45, 7) is 1.52. The first-order valence-corrected chi connectivity index (χ1v) is 12.4. The predicted molar refractivity (Wildman–Crippen MR) is 135 cm³/mol. The number of hydrogen-bond acceptors (Lipinski definition) is 6. The van der Waals surface area contributed by atoms with Gasteiger partial charge in [-0.1, -0.05) is 30.3 Å². The molecule has 1 aliphatic heterocycles. The fourth-order valence-corrected chi connectivity index (χ4v) is 5.18. The number of para-hydroxylation sites is 2. The molecule has 3 aromatic rings. The molecule has 0 radical (unpaired) electrons. The van der Waals surface area contributed by atoms with Gasteiger partial charge in [-0.05, 0) is 47.7 Å². The number of fused-ring (bicyclic) bond motifs is 1. The van der Waals surface area contributed by atoms with Gasteiger partial charge in [0.1, 0.15) is 13.2 Å². The lowest BCUT2D eigenvalue weighted by Crippen LogP contribution is -2.48. The number of ether oxygens (including phenoxy) is 3. The second kappa shape index (κ2) is 11.9. The summed E-state index contributed by atoms with van der Waals surface area (Å²) in [4.78, 5) is 31.4. The van der Waals surface area contributed by atoms with Crippen molar-refractivity contribution < 1.29 is 23.8 Å². The topological polar surface area (TPSA) is 68.3 Å². The Morgan fingerprint density at radius 2 is 1.77 bits per heavy atom. The van der Waals surface area contributed by atoms with Crippen LogP contribution in [0.4, 0.5) is 0 Å². The van der Waals surface area contributed by atoms with E-state index in [0.29, 0.717) is 43.4 Å². The van der Waals surface area contributed by atoms with Crippen molar-refractivity contribution in [1.29, 1.82) is 0 Å². The third-order valence-electron chi connectivity index (χ3n) is 6.08. The van der Waals surface area contributed by atoms with E-state index in [1.54, 1.807) is 42.6 Å². The minimum Gasteiger partial charge on any atom is -0.493 e. The molecule has 1 atom stereocenters. The van der Waals surface area contributed by atoms with E-state index in [2.05, 4.69) is 11.4 Å². The maximum Gasteiger partial charge on any atom is 0.254 e. The van der Waals surface area contributed by atoms with Crippen LogP contribution in [0.5, 0.6) is 11.5 Å². The number of methoxy groups -OCH3 is 2. The minimum absolute atomic E-state index is 0.0261. The van der Waals surface area contributed by atoms with Crippen LogP contribution in [0.1, 0.15) is 26.8 Å². The molecule has 184 valence electrons. The summed E-state index contributed by atoms with van der Waals surface area (Å²) >= 11 is 1.70. The van der Waals surface area contributed by atoms with Crippen molar-refractivity contribution in [2.45, 2.75) is 12.5 Å². The van der Waals surface area contributed by atoms with Crippen molar-refractivity contribution in [3.63, 3.8) is 0 Å². The maximum absolute atomic E-state index is 13.6. The van der Waals surface area contributed by atoms with E-state index < -0.39 is 0 Å². The lowest BCUT2D eigenvalue weighted by atomic mass is 10.0. The summed E-state index contributed by atoms with van der Waals surface area (Å²) in [6.07, 6.45) is 0.786. The largest absolute Gasteiger partial charge is 0.493 e. The maximum atomic E-state index is 13.6. The number of thiophene rings is 1. The van der Waals surface area contributed by atoms with Crippen molar-refractivity contribution >= 4 is 23.2 Å². The van der Waals surface area contributed by atoms with Gasteiger partial charge < -0.3 is 24.0 Å². The van der Waals surface area contributed by atoms with Crippen molar-refractivity contribution in [2.75, 3.05) is 47.1 Å². The molecule has 0 fully saturated rings. The molecule has 0 spiro atoms. The van der Waals surface area contributed by atoms with E-state index in [0.717, 1.165) is 12.0 Å². The fraction of sp³-hybridized carbons (Fsp3) is 0.333. The first kappa shape index (κ1) is 24.8. The molecule has 0 unspecified atom stereocenters. The van der Waals surface area contributed by atoms with Crippen LogP contribution in [0.15, 0.2) is 66.0 Å². The number of hydrogen-bond donors (Lipinski definition) is 0. The zero-order valence-electron chi connectivity index (χ0n) is 20.0. The third-order valence-corrected chi connectivity index (χ3v) is 7.08. The molecule has 4 rings (SSSR count). The van der Waals surface area contributed by atoms with Gasteiger partial charge in [-0.15, -0.1) is 11.3 Å². The Bertz CT molecular complexity index is 1130. The molecule has 0 N–H and O–H groups in total. The highest BCUT2D eigenvalue weighted by Gasteiger charge is 2.33. The highest BCUT2D eigenvalue weighted by atomic mass is 32.1. The SMILES string of the molecule is COCCN(CC(=O)N1CCc2sccc2[C@H]1COc1ccccc1OC)C(=O)c1ccccc1. The van der Waals surface area contributed by atoms with Crippen LogP contribution < -0.4 is 9.47 Å². The highest BCUT2D eigenvalue weighted by Crippen LogP contribution is 2.35. The molecule has 0 saturated heterocycles. The molecule has 7 nitrogen and oxygen atoms in total. The molecule has 0 bridgehead atoms. The van der Waals surface area contributed by atoms with Gasteiger partial charge in [0.15, 0.2) is 11.5 Å². The number of carbonyl (C=O) groups excluding carboxylic acids is 2. The molecule has 35 heavy (non-hydrogen) atoms. The number of nitrogens with zero attached hydrogens (tertiary/aromatic N) is 2. The molecule has 2 aromatic carbocycles. The van der Waals surface area contributed by atoms with E-state index in [1.165, 1.54) is 4.88 Å². The zero-order chi connectivity index (χ0) is 24.6. The van der Waals surface area contributed by atoms with E-state index in [4.69, 9.17) is 14.2 Å². The van der Waals surface area contributed by atoms with Crippen LogP contribution in [-0.2, 0) is 16.0 Å². The van der Waals surface area contributed by atoms with Gasteiger partial charge in [0.05, 0.1) is 19.8 Å². The van der Waals surface area contributed by atoms with Gasteiger partial charge in [-0.25, -0.2) is 0 Å². The second-order valence-electron chi connectivity index (χ2n) is 8.20. The Balaban J connectivity index is 1.53. The Kier molecular flexibility index (Phi) is 8.39. The smallest absolute Gasteiger partial charge is 0.254 e. The van der Waals surface area contributed by atoms with Gasteiger partial charge in [-0.2, -0.15) is 0 Å². The van der Waals surface area contributed by atoms with E-state index in [9.17, 15) is 9.59 Å². The van der Waals surface area contributed by atoms with E-state index >= 15 is 0 Å². The molecule has 0 aliphatic carbocycles. The second-order valence-corrected chi connectivity index (χ2v) is 9.20. The summed E-state index contributed by atoms with van der Waals surface area (Å²) in [7, 11) is 3.19. The minimum atomic E-state index is -0.251. The van der Waals surface area contributed by atoms with Crippen LogP contribution >= 0.6 is 11.3 Å². The molecule has 8 heteroatoms. The fourth-order valence-electron chi connectivity index (χ4n) is 4.25. The molecule has 2 heterocycles. The predicted octanol–water partition coefficient (Wildman–Crippen LogP) is 4.05. The van der Waals surface area contributed by atoms with Crippen LogP contribution in [-0.4, -0.2) is 68.7 Å². The molecule has 2 amide bonds. The normalized spacial score (nSPS) is 14.8. The van der Waals surface area contributed by atoms with Gasteiger partial charge in [0.2, 0.25) is 5.91 Å². The van der Waals surface area contributed by atoms with Crippen molar-refractivity contribution in [2.24, 2.45) is 0 Å². The Morgan fingerprint density at radius 1 is 1.03 bits per heavy atom. The lowest BCUT2D eigenvalue weighted by Gasteiger charge is -2.37. The number of benzene rings is 2. The lowest BCUT2D eigenvalue weighted by molar-refractivity contribution is -0.135. The van der Waals surface area contributed by atoms with Crippen LogP contribution in [0.3, 0.4) is 0 Å². The average Bonchev–Trinajstić information content (AvgIpc) is 3.39. The van der Waals surface area contributed by atoms with Crippen LogP contribution in [0.2, 0.25) is 0 Å². The Labute approximate surface area is 209 Å². The summed E-state index contributed by atoms with van der Waals surface area (Å²) < 4.78 is 16.8. The highest BCUT2D eigenvalue weighted by molar-refractivity contribution is 7.10. The standard InChI is InChI=1S/C27H30N2O5S/c1-32-16-15-28(27(31)20-8-4-3-5-9-20)18-26(30)29-14-12-25-21(13-17-35-25)22(29)19-34-24-11-7-6-10-23(24)33-2/h3-11,13,17,22H,12,14-16,18-19H2,1-2H3/t22-/m1/s1.